The Kier molecular flexibility index (Phi) is 4.76. The standard InChI is InChI=1S/C31H24N10/c1-31(2,3)16-13-14-21-22(15-16)26-33-23-17-9-5-6-10-18(17)24(32-23)36-29-38-30(40-39-29)37-25-19-11-7-8-12-20(19)27(34-25)41(4)28(21)35-26/h5-15H,1-4H3,(H,32,34,35,38,39,40)/p+1. The average molecular weight is 538 g/mol. The lowest BCUT2D eigenvalue weighted by Crippen LogP contribution is -2.32. The van der Waals surface area contributed by atoms with Crippen LogP contribution in [0.3, 0.4) is 0 Å². The maximum Gasteiger partial charge on any atom is 0.273 e. The Balaban J connectivity index is 1.43. The Bertz CT molecular complexity index is 1980. The quantitative estimate of drug-likeness (QED) is 0.428. The van der Waals surface area contributed by atoms with E-state index in [4.69, 9.17) is 30.0 Å². The molecule has 8 rings (SSSR count). The topological polar surface area (TPSA) is 114 Å². The number of rotatable bonds is 0. The molecule has 3 aromatic carbocycles. The van der Waals surface area contributed by atoms with Crippen molar-refractivity contribution in [3.05, 3.63) is 106 Å². The molecule has 5 heterocycles. The largest absolute Gasteiger partial charge is 0.273 e. The molecule has 2 N–H and O–H groups in total. The van der Waals surface area contributed by atoms with Crippen LogP contribution in [-0.4, -0.2) is 58.6 Å². The smallest absolute Gasteiger partial charge is 0.265 e. The van der Waals surface area contributed by atoms with E-state index >= 15 is 0 Å². The minimum Gasteiger partial charge on any atom is -0.265 e. The fourth-order valence-electron chi connectivity index (χ4n) is 5.43. The maximum absolute atomic E-state index is 5.11. The summed E-state index contributed by atoms with van der Waals surface area (Å²) >= 11 is 0. The number of hydrazine groups is 1. The lowest BCUT2D eigenvalue weighted by molar-refractivity contribution is -0.369. The summed E-state index contributed by atoms with van der Waals surface area (Å²) in [6, 6.07) is 22.5. The molecule has 0 radical (unpaired) electrons. The zero-order chi connectivity index (χ0) is 27.9. The zero-order valence-corrected chi connectivity index (χ0v) is 22.9. The van der Waals surface area contributed by atoms with Gasteiger partial charge in [0.2, 0.25) is 23.6 Å². The number of guanidine groups is 2. The predicted octanol–water partition coefficient (Wildman–Crippen LogP) is 3.38. The monoisotopic (exact) mass is 537 g/mol. The molecule has 3 aromatic rings. The van der Waals surface area contributed by atoms with Crippen LogP contribution >= 0.6 is 0 Å². The van der Waals surface area contributed by atoms with Gasteiger partial charge in [-0.25, -0.2) is 9.57 Å². The van der Waals surface area contributed by atoms with Crippen molar-refractivity contribution in [1.82, 2.24) is 10.9 Å². The van der Waals surface area contributed by atoms with Gasteiger partial charge in [-0.15, -0.1) is 0 Å². The molecule has 5 aliphatic rings. The van der Waals surface area contributed by atoms with Gasteiger partial charge in [-0.2, -0.15) is 20.0 Å². The molecular weight excluding hydrogens is 512 g/mol. The van der Waals surface area contributed by atoms with E-state index in [-0.39, 0.29) is 5.41 Å². The number of aliphatic imine (C=N–C) groups is 7. The SMILES string of the molecule is C[N+]1=C2N=C(N=C3N=C(N=C4N=C(N=C5N=C1c1ccc(C(C)(C)C)cc15)c1ccccc14)NN3)c1ccccc12. The molecule has 10 nitrogen and oxygen atoms in total. The van der Waals surface area contributed by atoms with Gasteiger partial charge in [-0.1, -0.05) is 73.2 Å². The van der Waals surface area contributed by atoms with Gasteiger partial charge in [0.1, 0.15) is 0 Å². The summed E-state index contributed by atoms with van der Waals surface area (Å²) in [5.41, 5.74) is 12.7. The summed E-state index contributed by atoms with van der Waals surface area (Å²) in [5.74, 6) is 4.45. The molecule has 0 atom stereocenters. The van der Waals surface area contributed by atoms with Gasteiger partial charge >= 0.3 is 0 Å². The van der Waals surface area contributed by atoms with E-state index in [9.17, 15) is 0 Å². The molecule has 198 valence electrons. The minimum absolute atomic E-state index is 0.0417. The fraction of sp³-hybridized carbons (Fsp3) is 0.161. The number of hydrogen-bond acceptors (Lipinski definition) is 9. The van der Waals surface area contributed by atoms with Crippen molar-refractivity contribution in [1.29, 1.82) is 0 Å². The Morgan fingerprint density at radius 3 is 1.78 bits per heavy atom. The Labute approximate surface area is 236 Å². The molecule has 0 unspecified atom stereocenters. The molecular formula is C31H25N10+. The second kappa shape index (κ2) is 8.31. The third-order valence-electron chi connectivity index (χ3n) is 7.59. The summed E-state index contributed by atoms with van der Waals surface area (Å²) in [7, 11) is 1.98. The normalized spacial score (nSPS) is 18.1. The number of nitrogens with zero attached hydrogens (tertiary/aromatic N) is 8. The van der Waals surface area contributed by atoms with E-state index in [0.717, 1.165) is 45.1 Å². The van der Waals surface area contributed by atoms with Crippen LogP contribution in [0.25, 0.3) is 0 Å². The molecule has 0 aliphatic carbocycles. The van der Waals surface area contributed by atoms with E-state index in [2.05, 4.69) is 54.8 Å². The highest BCUT2D eigenvalue weighted by Gasteiger charge is 2.36. The lowest BCUT2D eigenvalue weighted by Gasteiger charge is -2.19. The predicted molar refractivity (Wildman–Crippen MR) is 162 cm³/mol. The van der Waals surface area contributed by atoms with Gasteiger partial charge in [0.15, 0.2) is 11.7 Å². The van der Waals surface area contributed by atoms with Crippen molar-refractivity contribution in [3.8, 4) is 0 Å². The first kappa shape index (κ1) is 23.5. The van der Waals surface area contributed by atoms with Crippen molar-refractivity contribution in [2.75, 3.05) is 7.05 Å². The van der Waals surface area contributed by atoms with Crippen molar-refractivity contribution in [2.45, 2.75) is 26.2 Å². The molecule has 0 fully saturated rings. The minimum atomic E-state index is -0.0417. The summed E-state index contributed by atoms with van der Waals surface area (Å²) in [6.07, 6.45) is 0. The van der Waals surface area contributed by atoms with E-state index in [1.165, 1.54) is 5.56 Å². The highest BCUT2D eigenvalue weighted by molar-refractivity contribution is 6.31. The van der Waals surface area contributed by atoms with Gasteiger partial charge in [0, 0.05) is 11.1 Å². The number of amidine groups is 6. The molecule has 10 heteroatoms. The van der Waals surface area contributed by atoms with Crippen LogP contribution in [0.15, 0.2) is 102 Å². The third kappa shape index (κ3) is 3.64. The van der Waals surface area contributed by atoms with Crippen molar-refractivity contribution in [3.63, 3.8) is 0 Å². The van der Waals surface area contributed by atoms with Crippen molar-refractivity contribution >= 4 is 46.9 Å². The third-order valence-corrected chi connectivity index (χ3v) is 7.59. The summed E-state index contributed by atoms with van der Waals surface area (Å²) in [5, 5.41) is 0. The number of hydrogen-bond donors (Lipinski definition) is 2. The van der Waals surface area contributed by atoms with Crippen LogP contribution in [0.5, 0.6) is 0 Å². The molecule has 0 amide bonds. The van der Waals surface area contributed by atoms with Gasteiger partial charge in [0.25, 0.3) is 11.7 Å². The molecule has 5 aliphatic heterocycles. The fourth-order valence-corrected chi connectivity index (χ4v) is 5.43. The van der Waals surface area contributed by atoms with Crippen LogP contribution in [0, 0.1) is 0 Å². The number of nitrogens with one attached hydrogen (secondary N) is 2. The maximum atomic E-state index is 5.11. The van der Waals surface area contributed by atoms with Crippen LogP contribution in [0.1, 0.15) is 59.7 Å². The number of fused-ring (bicyclic) bond motifs is 13. The van der Waals surface area contributed by atoms with Crippen LogP contribution in [-0.2, 0) is 5.41 Å². The molecule has 0 aromatic heterocycles. The summed E-state index contributed by atoms with van der Waals surface area (Å²) in [6.45, 7) is 6.62. The number of benzene rings is 3. The first-order chi connectivity index (χ1) is 19.8. The van der Waals surface area contributed by atoms with Crippen LogP contribution in [0.2, 0.25) is 0 Å². The first-order valence-corrected chi connectivity index (χ1v) is 13.4. The van der Waals surface area contributed by atoms with Crippen LogP contribution in [0.4, 0.5) is 0 Å². The van der Waals surface area contributed by atoms with Gasteiger partial charge in [-0.05, 0) is 35.2 Å². The van der Waals surface area contributed by atoms with Crippen molar-refractivity contribution in [2.24, 2.45) is 34.9 Å². The van der Waals surface area contributed by atoms with Crippen LogP contribution < -0.4 is 10.9 Å². The Hall–Kier alpha value is -5.38. The average Bonchev–Trinajstić information content (AvgIpc) is 3.73. The van der Waals surface area contributed by atoms with Crippen molar-refractivity contribution < 1.29 is 4.58 Å². The van der Waals surface area contributed by atoms with E-state index < -0.39 is 0 Å². The molecule has 8 bridgehead atoms. The highest BCUT2D eigenvalue weighted by atomic mass is 15.5. The Morgan fingerprint density at radius 2 is 1.10 bits per heavy atom. The molecule has 41 heavy (non-hydrogen) atoms. The Morgan fingerprint density at radius 1 is 0.537 bits per heavy atom. The van der Waals surface area contributed by atoms with Gasteiger partial charge < -0.3 is 0 Å². The van der Waals surface area contributed by atoms with E-state index in [0.29, 0.717) is 35.3 Å². The van der Waals surface area contributed by atoms with Gasteiger partial charge in [0.05, 0.1) is 29.3 Å². The molecule has 0 saturated carbocycles. The van der Waals surface area contributed by atoms with E-state index in [1.54, 1.807) is 0 Å². The van der Waals surface area contributed by atoms with E-state index in [1.807, 2.05) is 60.2 Å². The highest BCUT2D eigenvalue weighted by Crippen LogP contribution is 2.30. The molecule has 0 spiro atoms. The second-order valence-corrected chi connectivity index (χ2v) is 11.3. The second-order valence-electron chi connectivity index (χ2n) is 11.3. The lowest BCUT2D eigenvalue weighted by atomic mass is 9.85. The first-order valence-electron chi connectivity index (χ1n) is 13.4. The summed E-state index contributed by atoms with van der Waals surface area (Å²) < 4.78 is 2.02. The van der Waals surface area contributed by atoms with Gasteiger partial charge in [-0.3, -0.25) is 10.9 Å². The summed E-state index contributed by atoms with van der Waals surface area (Å²) in [4.78, 5) is 34.0. The molecule has 0 saturated heterocycles. The zero-order valence-electron chi connectivity index (χ0n) is 22.9.